The fraction of sp³-hybridized carbons (Fsp3) is 0.538. The van der Waals surface area contributed by atoms with Crippen LogP contribution in [0, 0.1) is 0 Å². The highest BCUT2D eigenvalue weighted by Crippen LogP contribution is 2.17. The largest absolute Gasteiger partial charge is 0.317 e. The minimum Gasteiger partial charge on any atom is -0.317 e. The molecular formula is C13H23ClN4O4S2. The first-order valence-corrected chi connectivity index (χ1v) is 10.2. The molecule has 2 rings (SSSR count). The molecule has 0 spiro atoms. The second-order valence-electron chi connectivity index (χ2n) is 5.56. The third-order valence-corrected chi connectivity index (χ3v) is 6.54. The summed E-state index contributed by atoms with van der Waals surface area (Å²) < 4.78 is 54.2. The van der Waals surface area contributed by atoms with E-state index < -0.39 is 20.2 Å². The quantitative estimate of drug-likeness (QED) is 0.641. The minimum absolute atomic E-state index is 0. The van der Waals surface area contributed by atoms with Gasteiger partial charge in [-0.3, -0.25) is 4.72 Å². The summed E-state index contributed by atoms with van der Waals surface area (Å²) in [5.74, 6) is 0. The lowest BCUT2D eigenvalue weighted by atomic mass is 10.1. The molecular weight excluding hydrogens is 376 g/mol. The molecule has 1 aliphatic heterocycles. The summed E-state index contributed by atoms with van der Waals surface area (Å²) in [7, 11) is -4.40. The first-order chi connectivity index (χ1) is 10.7. The minimum atomic E-state index is -3.61. The topological polar surface area (TPSA) is 108 Å². The Morgan fingerprint density at radius 3 is 2.08 bits per heavy atom. The molecule has 1 saturated heterocycles. The summed E-state index contributed by atoms with van der Waals surface area (Å²) in [6.07, 6.45) is 1.50. The van der Waals surface area contributed by atoms with Crippen LogP contribution < -0.4 is 14.8 Å². The number of anilines is 1. The number of halogens is 1. The van der Waals surface area contributed by atoms with E-state index in [1.54, 1.807) is 0 Å². The molecule has 0 saturated carbocycles. The molecule has 0 aromatic heterocycles. The van der Waals surface area contributed by atoms with Crippen molar-refractivity contribution in [1.29, 1.82) is 0 Å². The van der Waals surface area contributed by atoms with Crippen molar-refractivity contribution in [2.45, 2.75) is 23.8 Å². The molecule has 1 aliphatic rings. The number of sulfonamides is 1. The van der Waals surface area contributed by atoms with Gasteiger partial charge in [0.25, 0.3) is 0 Å². The number of hydrogen-bond acceptors (Lipinski definition) is 5. The molecule has 11 heteroatoms. The van der Waals surface area contributed by atoms with Crippen LogP contribution in [0.2, 0.25) is 0 Å². The molecule has 0 bridgehead atoms. The molecule has 3 N–H and O–H groups in total. The number of piperidine rings is 1. The van der Waals surface area contributed by atoms with E-state index in [0.29, 0.717) is 5.69 Å². The van der Waals surface area contributed by atoms with Crippen LogP contribution in [0.4, 0.5) is 5.69 Å². The third-order valence-electron chi connectivity index (χ3n) is 3.55. The maximum absolute atomic E-state index is 12.3. The van der Waals surface area contributed by atoms with Crippen LogP contribution in [-0.2, 0) is 20.2 Å². The number of nitrogens with zero attached hydrogens (tertiary/aromatic N) is 1. The zero-order valence-corrected chi connectivity index (χ0v) is 16.0. The molecule has 24 heavy (non-hydrogen) atoms. The monoisotopic (exact) mass is 398 g/mol. The molecule has 1 aromatic carbocycles. The van der Waals surface area contributed by atoms with E-state index >= 15 is 0 Å². The maximum Gasteiger partial charge on any atom is 0.301 e. The van der Waals surface area contributed by atoms with Gasteiger partial charge >= 0.3 is 10.2 Å². The summed E-state index contributed by atoms with van der Waals surface area (Å²) >= 11 is 0. The van der Waals surface area contributed by atoms with E-state index in [1.807, 2.05) is 0 Å². The first-order valence-electron chi connectivity index (χ1n) is 7.24. The predicted octanol–water partition coefficient (Wildman–Crippen LogP) is 0.357. The van der Waals surface area contributed by atoms with E-state index in [0.717, 1.165) is 30.2 Å². The summed E-state index contributed by atoms with van der Waals surface area (Å²) in [5.41, 5.74) is 0.305. The highest BCUT2D eigenvalue weighted by atomic mass is 35.5. The lowest BCUT2D eigenvalue weighted by Gasteiger charge is -2.23. The van der Waals surface area contributed by atoms with Crippen molar-refractivity contribution in [3.63, 3.8) is 0 Å². The lowest BCUT2D eigenvalue weighted by Crippen LogP contribution is -2.42. The summed E-state index contributed by atoms with van der Waals surface area (Å²) in [4.78, 5) is 0.115. The Morgan fingerprint density at radius 2 is 1.58 bits per heavy atom. The van der Waals surface area contributed by atoms with Crippen LogP contribution in [0.3, 0.4) is 0 Å². The lowest BCUT2D eigenvalue weighted by molar-refractivity contribution is 0.427. The highest BCUT2D eigenvalue weighted by Gasteiger charge is 2.22. The Bertz CT molecular complexity index is 730. The van der Waals surface area contributed by atoms with Crippen LogP contribution in [-0.4, -0.2) is 54.4 Å². The van der Waals surface area contributed by atoms with Crippen molar-refractivity contribution in [3.05, 3.63) is 24.3 Å². The highest BCUT2D eigenvalue weighted by molar-refractivity contribution is 7.90. The van der Waals surface area contributed by atoms with Crippen LogP contribution in [0.1, 0.15) is 12.8 Å². The Hall–Kier alpha value is -0.910. The average Bonchev–Trinajstić information content (AvgIpc) is 2.48. The zero-order valence-electron chi connectivity index (χ0n) is 13.5. The molecule has 8 nitrogen and oxygen atoms in total. The number of rotatable bonds is 6. The average molecular weight is 399 g/mol. The third kappa shape index (κ3) is 5.57. The van der Waals surface area contributed by atoms with Crippen LogP contribution in [0.15, 0.2) is 29.2 Å². The maximum atomic E-state index is 12.3. The van der Waals surface area contributed by atoms with Crippen molar-refractivity contribution in [2.24, 2.45) is 0 Å². The van der Waals surface area contributed by atoms with Crippen molar-refractivity contribution in [2.75, 3.05) is 31.9 Å². The van der Waals surface area contributed by atoms with Gasteiger partial charge in [0.15, 0.2) is 0 Å². The van der Waals surface area contributed by atoms with Crippen LogP contribution >= 0.6 is 12.4 Å². The second kappa shape index (κ2) is 8.45. The number of hydrogen-bond donors (Lipinski definition) is 3. The SMILES string of the molecule is CN(C)S(=O)(=O)Nc1ccc(S(=O)(=O)NC2CCNCC2)cc1.Cl. The molecule has 0 aliphatic carbocycles. The van der Waals surface area contributed by atoms with Gasteiger partial charge in [-0.2, -0.15) is 12.7 Å². The predicted molar refractivity (Wildman–Crippen MR) is 96.1 cm³/mol. The van der Waals surface area contributed by atoms with Gasteiger partial charge in [-0.1, -0.05) is 0 Å². The van der Waals surface area contributed by atoms with Crippen molar-refractivity contribution >= 4 is 38.3 Å². The van der Waals surface area contributed by atoms with E-state index in [9.17, 15) is 16.8 Å². The fourth-order valence-corrected chi connectivity index (χ4v) is 4.09. The molecule has 1 aromatic rings. The van der Waals surface area contributed by atoms with Gasteiger partial charge in [0.1, 0.15) is 0 Å². The molecule has 138 valence electrons. The smallest absolute Gasteiger partial charge is 0.301 e. The molecule has 0 atom stereocenters. The molecule has 1 heterocycles. The van der Waals surface area contributed by atoms with Gasteiger partial charge in [0.2, 0.25) is 10.0 Å². The van der Waals surface area contributed by atoms with Gasteiger partial charge < -0.3 is 5.32 Å². The van der Waals surface area contributed by atoms with Gasteiger partial charge in [0.05, 0.1) is 4.90 Å². The van der Waals surface area contributed by atoms with Gasteiger partial charge in [0, 0.05) is 25.8 Å². The number of nitrogens with one attached hydrogen (secondary N) is 3. The van der Waals surface area contributed by atoms with Crippen molar-refractivity contribution in [3.8, 4) is 0 Å². The summed E-state index contributed by atoms with van der Waals surface area (Å²) in [6.45, 7) is 1.58. The zero-order chi connectivity index (χ0) is 17.1. The molecule has 0 unspecified atom stereocenters. The Labute approximate surface area is 149 Å². The fourth-order valence-electron chi connectivity index (χ4n) is 2.17. The second-order valence-corrected chi connectivity index (χ2v) is 9.16. The molecule has 1 fully saturated rings. The van der Waals surface area contributed by atoms with Crippen LogP contribution in [0.25, 0.3) is 0 Å². The van der Waals surface area contributed by atoms with Gasteiger partial charge in [-0.05, 0) is 50.2 Å². The van der Waals surface area contributed by atoms with Crippen molar-refractivity contribution < 1.29 is 16.8 Å². The standard InChI is InChI=1S/C13H22N4O4S2.ClH/c1-17(2)23(20,21)16-11-3-5-13(6-4-11)22(18,19)15-12-7-9-14-10-8-12;/h3-6,12,14-16H,7-10H2,1-2H3;1H. The molecule has 0 radical (unpaired) electrons. The van der Waals surface area contributed by atoms with E-state index in [2.05, 4.69) is 14.8 Å². The Morgan fingerprint density at radius 1 is 1.04 bits per heavy atom. The van der Waals surface area contributed by atoms with Gasteiger partial charge in [-0.25, -0.2) is 13.1 Å². The van der Waals surface area contributed by atoms with Gasteiger partial charge in [-0.15, -0.1) is 12.4 Å². The summed E-state index contributed by atoms with van der Waals surface area (Å²) in [5, 5.41) is 3.17. The van der Waals surface area contributed by atoms with Crippen LogP contribution in [0.5, 0.6) is 0 Å². The number of benzene rings is 1. The first kappa shape index (κ1) is 21.1. The van der Waals surface area contributed by atoms with E-state index in [1.165, 1.54) is 38.4 Å². The normalized spacial score (nSPS) is 16.6. The Balaban J connectivity index is 0.00000288. The Kier molecular flexibility index (Phi) is 7.44. The van der Waals surface area contributed by atoms with E-state index in [-0.39, 0.29) is 23.3 Å². The summed E-state index contributed by atoms with van der Waals surface area (Å²) in [6, 6.07) is 5.55. The molecule has 0 amide bonds. The van der Waals surface area contributed by atoms with Crippen molar-refractivity contribution in [1.82, 2.24) is 14.3 Å². The van der Waals surface area contributed by atoms with E-state index in [4.69, 9.17) is 0 Å².